The predicted molar refractivity (Wildman–Crippen MR) is 62.6 cm³/mol. The maximum atomic E-state index is 13.4. The number of carbonyl (C=O) groups excluding carboxylic acids is 1. The lowest BCUT2D eigenvalue weighted by molar-refractivity contribution is -0.141. The first-order valence-electron chi connectivity index (χ1n) is 5.93. The number of carboxylic acids is 1. The van der Waals surface area contributed by atoms with Crippen molar-refractivity contribution < 1.29 is 32.3 Å². The van der Waals surface area contributed by atoms with Gasteiger partial charge in [0.1, 0.15) is 5.69 Å². The molecule has 1 aliphatic heterocycles. The molecule has 21 heavy (non-hydrogen) atoms. The Bertz CT molecular complexity index is 582. The minimum atomic E-state index is -1.73. The zero-order chi connectivity index (χ0) is 15.7. The van der Waals surface area contributed by atoms with Crippen LogP contribution in [-0.2, 0) is 4.79 Å². The first-order chi connectivity index (χ1) is 9.81. The van der Waals surface area contributed by atoms with E-state index in [-0.39, 0.29) is 25.6 Å². The minimum Gasteiger partial charge on any atom is -0.481 e. The summed E-state index contributed by atoms with van der Waals surface area (Å²) in [4.78, 5) is 23.5. The summed E-state index contributed by atoms with van der Waals surface area (Å²) in [5.41, 5.74) is -1.24. The molecule has 1 aromatic rings. The number of hydrogen-bond acceptors (Lipinski definition) is 2. The van der Waals surface area contributed by atoms with Crippen LogP contribution < -0.4 is 5.32 Å². The van der Waals surface area contributed by atoms with Crippen LogP contribution in [0.2, 0.25) is 0 Å². The van der Waals surface area contributed by atoms with Crippen LogP contribution in [0.1, 0.15) is 6.42 Å². The average molecular weight is 306 g/mol. The van der Waals surface area contributed by atoms with Gasteiger partial charge < -0.3 is 15.3 Å². The fourth-order valence-electron chi connectivity index (χ4n) is 2.02. The van der Waals surface area contributed by atoms with E-state index in [9.17, 15) is 27.2 Å². The topological polar surface area (TPSA) is 69.6 Å². The number of aliphatic carboxylic acids is 1. The zero-order valence-electron chi connectivity index (χ0n) is 10.5. The van der Waals surface area contributed by atoms with Crippen LogP contribution >= 0.6 is 0 Å². The average Bonchev–Trinajstić information content (AvgIpc) is 2.91. The van der Waals surface area contributed by atoms with Crippen LogP contribution in [0.15, 0.2) is 6.07 Å². The minimum absolute atomic E-state index is 0.0244. The number of likely N-dealkylation sites (tertiary alicyclic amines) is 1. The van der Waals surface area contributed by atoms with E-state index >= 15 is 0 Å². The van der Waals surface area contributed by atoms with Crippen LogP contribution in [0.25, 0.3) is 0 Å². The van der Waals surface area contributed by atoms with Crippen molar-refractivity contribution in [3.05, 3.63) is 29.3 Å². The van der Waals surface area contributed by atoms with Crippen molar-refractivity contribution in [1.82, 2.24) is 4.90 Å². The fourth-order valence-corrected chi connectivity index (χ4v) is 2.02. The van der Waals surface area contributed by atoms with Crippen LogP contribution in [0, 0.1) is 29.2 Å². The van der Waals surface area contributed by atoms with Gasteiger partial charge in [-0.25, -0.2) is 22.4 Å². The van der Waals surface area contributed by atoms with Gasteiger partial charge in [-0.05, 0) is 6.42 Å². The van der Waals surface area contributed by atoms with Gasteiger partial charge in [-0.2, -0.15) is 0 Å². The third-order valence-corrected chi connectivity index (χ3v) is 3.17. The number of rotatable bonds is 2. The highest BCUT2D eigenvalue weighted by Gasteiger charge is 2.32. The lowest BCUT2D eigenvalue weighted by Crippen LogP contribution is -2.34. The molecule has 114 valence electrons. The SMILES string of the molecule is O=C(O)C1CCN(C(=O)Nc2c(F)c(F)cc(F)c2F)C1. The standard InChI is InChI=1S/C12H10F4N2O3/c13-6-3-7(14)9(16)10(8(6)15)17-12(21)18-2-1-5(4-18)11(19)20/h3,5H,1-2,4H2,(H,17,21)(H,19,20). The Morgan fingerprint density at radius 2 is 1.76 bits per heavy atom. The van der Waals surface area contributed by atoms with E-state index in [1.165, 1.54) is 0 Å². The molecule has 5 nitrogen and oxygen atoms in total. The zero-order valence-corrected chi connectivity index (χ0v) is 10.5. The van der Waals surface area contributed by atoms with Crippen LogP contribution in [0.5, 0.6) is 0 Å². The fraction of sp³-hybridized carbons (Fsp3) is 0.333. The van der Waals surface area contributed by atoms with Crippen LogP contribution in [0.4, 0.5) is 28.0 Å². The molecule has 1 fully saturated rings. The van der Waals surface area contributed by atoms with Gasteiger partial charge in [0.2, 0.25) is 0 Å². The van der Waals surface area contributed by atoms with Crippen LogP contribution in [-0.4, -0.2) is 35.1 Å². The molecule has 0 bridgehead atoms. The number of hydrogen-bond donors (Lipinski definition) is 2. The first kappa shape index (κ1) is 15.1. The molecular formula is C12H10F4N2O3. The molecule has 1 aliphatic rings. The molecule has 2 amide bonds. The van der Waals surface area contributed by atoms with E-state index in [0.29, 0.717) is 0 Å². The second-order valence-corrected chi connectivity index (χ2v) is 4.54. The number of anilines is 1. The lowest BCUT2D eigenvalue weighted by atomic mass is 10.1. The number of benzene rings is 1. The first-order valence-corrected chi connectivity index (χ1v) is 5.93. The van der Waals surface area contributed by atoms with Gasteiger partial charge in [0.15, 0.2) is 23.3 Å². The monoisotopic (exact) mass is 306 g/mol. The van der Waals surface area contributed by atoms with Crippen molar-refractivity contribution in [2.24, 2.45) is 5.92 Å². The van der Waals surface area contributed by atoms with E-state index in [1.54, 1.807) is 5.32 Å². The Kier molecular flexibility index (Phi) is 4.01. The molecule has 1 saturated heterocycles. The number of carbonyl (C=O) groups is 2. The molecule has 0 aromatic heterocycles. The Labute approximate surface area is 116 Å². The molecular weight excluding hydrogens is 296 g/mol. The molecule has 1 heterocycles. The van der Waals surface area contributed by atoms with E-state index in [1.807, 2.05) is 0 Å². The van der Waals surface area contributed by atoms with Crippen molar-refractivity contribution in [2.75, 3.05) is 18.4 Å². The Hall–Kier alpha value is -2.32. The van der Waals surface area contributed by atoms with E-state index in [2.05, 4.69) is 0 Å². The molecule has 0 saturated carbocycles. The summed E-state index contributed by atoms with van der Waals surface area (Å²) in [6, 6.07) is -1.00. The van der Waals surface area contributed by atoms with Crippen molar-refractivity contribution in [3.63, 3.8) is 0 Å². The van der Waals surface area contributed by atoms with E-state index in [4.69, 9.17) is 5.11 Å². The molecule has 2 N–H and O–H groups in total. The molecule has 2 rings (SSSR count). The predicted octanol–water partition coefficient (Wildman–Crippen LogP) is 2.18. The normalized spacial score (nSPS) is 17.9. The van der Waals surface area contributed by atoms with Crippen molar-refractivity contribution in [3.8, 4) is 0 Å². The second-order valence-electron chi connectivity index (χ2n) is 4.54. The third-order valence-electron chi connectivity index (χ3n) is 3.17. The van der Waals surface area contributed by atoms with Gasteiger partial charge in [0, 0.05) is 19.2 Å². The van der Waals surface area contributed by atoms with Gasteiger partial charge >= 0.3 is 12.0 Å². The van der Waals surface area contributed by atoms with Gasteiger partial charge in [-0.3, -0.25) is 4.79 Å². The highest BCUT2D eigenvalue weighted by atomic mass is 19.2. The number of urea groups is 1. The van der Waals surface area contributed by atoms with E-state index < -0.39 is 46.9 Å². The summed E-state index contributed by atoms with van der Waals surface area (Å²) >= 11 is 0. The van der Waals surface area contributed by atoms with Gasteiger partial charge in [0.05, 0.1) is 5.92 Å². The molecule has 0 radical (unpaired) electrons. The smallest absolute Gasteiger partial charge is 0.322 e. The number of carboxylic acid groups (broad SMARTS) is 1. The number of nitrogens with one attached hydrogen (secondary N) is 1. The maximum Gasteiger partial charge on any atom is 0.322 e. The second kappa shape index (κ2) is 5.58. The van der Waals surface area contributed by atoms with E-state index in [0.717, 1.165) is 4.90 Å². The molecule has 0 spiro atoms. The molecule has 1 aromatic carbocycles. The summed E-state index contributed by atoms with van der Waals surface area (Å²) in [5.74, 6) is -8.62. The molecule has 9 heteroatoms. The Morgan fingerprint density at radius 1 is 1.19 bits per heavy atom. The summed E-state index contributed by atoms with van der Waals surface area (Å²) < 4.78 is 52.8. The van der Waals surface area contributed by atoms with Crippen molar-refractivity contribution in [2.45, 2.75) is 6.42 Å². The highest BCUT2D eigenvalue weighted by molar-refractivity contribution is 5.90. The van der Waals surface area contributed by atoms with Gasteiger partial charge in [-0.15, -0.1) is 0 Å². The van der Waals surface area contributed by atoms with Crippen molar-refractivity contribution in [1.29, 1.82) is 0 Å². The molecule has 1 unspecified atom stereocenters. The van der Waals surface area contributed by atoms with Gasteiger partial charge in [0.25, 0.3) is 0 Å². The number of amides is 2. The number of halogens is 4. The lowest BCUT2D eigenvalue weighted by Gasteiger charge is -2.17. The maximum absolute atomic E-state index is 13.4. The highest BCUT2D eigenvalue weighted by Crippen LogP contribution is 2.25. The van der Waals surface area contributed by atoms with Crippen molar-refractivity contribution >= 4 is 17.7 Å². The third kappa shape index (κ3) is 2.91. The summed E-state index contributed by atoms with van der Waals surface area (Å²) in [6.45, 7) is -0.0912. The number of nitrogens with zero attached hydrogens (tertiary/aromatic N) is 1. The summed E-state index contributed by atoms with van der Waals surface area (Å²) in [7, 11) is 0. The Balaban J connectivity index is 2.16. The van der Waals surface area contributed by atoms with Gasteiger partial charge in [-0.1, -0.05) is 0 Å². The molecule has 0 aliphatic carbocycles. The Morgan fingerprint density at radius 3 is 2.24 bits per heavy atom. The molecule has 1 atom stereocenters. The summed E-state index contributed by atoms with van der Waals surface area (Å²) in [6.07, 6.45) is 0.186. The largest absolute Gasteiger partial charge is 0.481 e. The quantitative estimate of drug-likeness (QED) is 0.650. The summed E-state index contributed by atoms with van der Waals surface area (Å²) in [5, 5.41) is 10.5. The van der Waals surface area contributed by atoms with Crippen LogP contribution in [0.3, 0.4) is 0 Å².